The fourth-order valence-corrected chi connectivity index (χ4v) is 2.87. The fourth-order valence-electron chi connectivity index (χ4n) is 2.87. The molecule has 134 valence electrons. The van der Waals surface area contributed by atoms with Crippen LogP contribution in [0, 0.1) is 0 Å². The number of furan rings is 1. The Hall–Kier alpha value is -2.71. The van der Waals surface area contributed by atoms with E-state index in [0.29, 0.717) is 0 Å². The van der Waals surface area contributed by atoms with E-state index in [1.54, 1.807) is 12.1 Å². The summed E-state index contributed by atoms with van der Waals surface area (Å²) < 4.78 is 20.4. The summed E-state index contributed by atoms with van der Waals surface area (Å²) in [5.74, 6) is -0.498. The van der Waals surface area contributed by atoms with E-state index in [-0.39, 0.29) is 54.9 Å². The zero-order valence-electron chi connectivity index (χ0n) is 14.1. The Morgan fingerprint density at radius 1 is 1.48 bits per heavy atom. The van der Waals surface area contributed by atoms with Crippen LogP contribution in [-0.4, -0.2) is 56.5 Å². The van der Waals surface area contributed by atoms with E-state index in [1.165, 1.54) is 22.0 Å². The Morgan fingerprint density at radius 2 is 2.28 bits per heavy atom. The molecule has 0 unspecified atom stereocenters. The van der Waals surface area contributed by atoms with Gasteiger partial charge in [-0.15, -0.1) is 5.10 Å². The largest absolute Gasteiger partial charge is 0.459 e. The molecule has 1 N–H and O–H groups in total. The van der Waals surface area contributed by atoms with Crippen LogP contribution in [0.5, 0.6) is 0 Å². The molecule has 25 heavy (non-hydrogen) atoms. The summed E-state index contributed by atoms with van der Waals surface area (Å²) in [6.45, 7) is 3.97. The molecule has 0 radical (unpaired) electrons. The van der Waals surface area contributed by atoms with Crippen molar-refractivity contribution in [1.29, 1.82) is 0 Å². The van der Waals surface area contributed by atoms with Gasteiger partial charge in [-0.25, -0.2) is 9.07 Å². The van der Waals surface area contributed by atoms with Gasteiger partial charge in [-0.05, 0) is 26.0 Å². The monoisotopic (exact) mass is 349 g/mol. The van der Waals surface area contributed by atoms with Crippen LogP contribution in [0.1, 0.15) is 41.3 Å². The van der Waals surface area contributed by atoms with Crippen LogP contribution in [0.3, 0.4) is 0 Å². The van der Waals surface area contributed by atoms with E-state index in [0.717, 1.165) is 0 Å². The lowest BCUT2D eigenvalue weighted by Gasteiger charge is -2.23. The van der Waals surface area contributed by atoms with Crippen LogP contribution in [0.25, 0.3) is 0 Å². The van der Waals surface area contributed by atoms with Crippen molar-refractivity contribution < 1.29 is 18.4 Å². The summed E-state index contributed by atoms with van der Waals surface area (Å²) >= 11 is 0. The zero-order chi connectivity index (χ0) is 18.0. The van der Waals surface area contributed by atoms with E-state index >= 15 is 0 Å². The van der Waals surface area contributed by atoms with Gasteiger partial charge in [0.2, 0.25) is 0 Å². The molecule has 2 amide bonds. The van der Waals surface area contributed by atoms with E-state index in [1.807, 2.05) is 13.8 Å². The summed E-state index contributed by atoms with van der Waals surface area (Å²) in [5.41, 5.74) is 0.187. The number of nitrogens with one attached hydrogen (secondary N) is 1. The van der Waals surface area contributed by atoms with Crippen molar-refractivity contribution >= 4 is 11.8 Å². The number of carbonyl (C=O) groups is 2. The molecule has 1 aliphatic heterocycles. The maximum atomic E-state index is 13.9. The second-order valence-electron chi connectivity index (χ2n) is 6.38. The van der Waals surface area contributed by atoms with Gasteiger partial charge in [0.15, 0.2) is 11.5 Å². The van der Waals surface area contributed by atoms with Crippen LogP contribution in [-0.2, 0) is 6.54 Å². The maximum absolute atomic E-state index is 13.9. The van der Waals surface area contributed by atoms with E-state index < -0.39 is 6.17 Å². The van der Waals surface area contributed by atoms with Gasteiger partial charge in [-0.1, -0.05) is 5.21 Å². The molecule has 9 heteroatoms. The van der Waals surface area contributed by atoms with Crippen molar-refractivity contribution in [2.45, 2.75) is 45.1 Å². The van der Waals surface area contributed by atoms with Crippen molar-refractivity contribution in [3.05, 3.63) is 36.0 Å². The molecule has 1 fully saturated rings. The first-order valence-electron chi connectivity index (χ1n) is 8.13. The van der Waals surface area contributed by atoms with Crippen molar-refractivity contribution in [3.8, 4) is 0 Å². The molecule has 1 aliphatic rings. The van der Waals surface area contributed by atoms with Crippen LogP contribution >= 0.6 is 0 Å². The summed E-state index contributed by atoms with van der Waals surface area (Å²) in [6, 6.07) is 2.77. The number of carbonyl (C=O) groups excluding carboxylic acids is 2. The molecule has 0 aliphatic carbocycles. The normalized spacial score (nSPS) is 20.2. The highest BCUT2D eigenvalue weighted by molar-refractivity contribution is 5.92. The number of hydrogen-bond donors (Lipinski definition) is 1. The second kappa shape index (κ2) is 7.04. The smallest absolute Gasteiger partial charge is 0.289 e. The number of nitrogens with zero attached hydrogens (tertiary/aromatic N) is 4. The van der Waals surface area contributed by atoms with Gasteiger partial charge < -0.3 is 14.6 Å². The minimum absolute atomic E-state index is 0.0128. The predicted octanol–water partition coefficient (Wildman–Crippen LogP) is 1.26. The Labute approximate surface area is 144 Å². The quantitative estimate of drug-likeness (QED) is 0.877. The first-order chi connectivity index (χ1) is 11.9. The van der Waals surface area contributed by atoms with Gasteiger partial charge >= 0.3 is 0 Å². The first-order valence-corrected chi connectivity index (χ1v) is 8.13. The van der Waals surface area contributed by atoms with Gasteiger partial charge in [-0.3, -0.25) is 9.59 Å². The second-order valence-corrected chi connectivity index (χ2v) is 6.38. The summed E-state index contributed by atoms with van der Waals surface area (Å²) in [4.78, 5) is 25.8. The van der Waals surface area contributed by atoms with Crippen LogP contribution in [0.4, 0.5) is 4.39 Å². The molecule has 0 aromatic carbocycles. The molecule has 2 aromatic heterocycles. The molecular weight excluding hydrogens is 329 g/mol. The number of halogens is 1. The molecule has 0 saturated carbocycles. The van der Waals surface area contributed by atoms with E-state index in [4.69, 9.17) is 4.42 Å². The minimum Gasteiger partial charge on any atom is -0.459 e. The lowest BCUT2D eigenvalue weighted by molar-refractivity contribution is 0.0682. The molecule has 3 rings (SSSR count). The highest BCUT2D eigenvalue weighted by Crippen LogP contribution is 2.24. The predicted molar refractivity (Wildman–Crippen MR) is 85.7 cm³/mol. The number of hydrogen-bond acceptors (Lipinski definition) is 5. The van der Waals surface area contributed by atoms with Crippen LogP contribution in [0.15, 0.2) is 29.0 Å². The number of rotatable bonds is 5. The molecule has 3 heterocycles. The summed E-state index contributed by atoms with van der Waals surface area (Å²) in [6.07, 6.45) is 2.01. The lowest BCUT2D eigenvalue weighted by atomic mass is 10.2. The molecule has 0 spiro atoms. The molecule has 2 atom stereocenters. The first kappa shape index (κ1) is 17.1. The van der Waals surface area contributed by atoms with Crippen molar-refractivity contribution in [3.63, 3.8) is 0 Å². The van der Waals surface area contributed by atoms with Crippen LogP contribution in [0.2, 0.25) is 0 Å². The molecule has 2 aromatic rings. The third-order valence-electron chi connectivity index (χ3n) is 3.95. The van der Waals surface area contributed by atoms with Gasteiger partial charge in [0.1, 0.15) is 6.17 Å². The van der Waals surface area contributed by atoms with Gasteiger partial charge in [0.05, 0.1) is 31.6 Å². The standard InChI is InChI=1S/C16H20FN5O3/c1-10(2)18-15(23)13-9-21(20-19-13)8-12-6-11(17)7-22(12)16(24)14-4-3-5-25-14/h3-5,9-12H,6-8H2,1-2H3,(H,18,23)/t11-,12-/m0/s1. The number of aromatic nitrogens is 3. The fraction of sp³-hybridized carbons (Fsp3) is 0.500. The molecule has 8 nitrogen and oxygen atoms in total. The van der Waals surface area contributed by atoms with Crippen molar-refractivity contribution in [2.75, 3.05) is 6.54 Å². The Balaban J connectivity index is 1.69. The number of amides is 2. The average molecular weight is 349 g/mol. The van der Waals surface area contributed by atoms with Gasteiger partial charge in [0.25, 0.3) is 11.8 Å². The van der Waals surface area contributed by atoms with Gasteiger partial charge in [0, 0.05) is 12.5 Å². The maximum Gasteiger partial charge on any atom is 0.289 e. The summed E-state index contributed by atoms with van der Waals surface area (Å²) in [5, 5.41) is 10.5. The Morgan fingerprint density at radius 3 is 2.96 bits per heavy atom. The highest BCUT2D eigenvalue weighted by atomic mass is 19.1. The topological polar surface area (TPSA) is 93.3 Å². The summed E-state index contributed by atoms with van der Waals surface area (Å²) in [7, 11) is 0. The third-order valence-corrected chi connectivity index (χ3v) is 3.95. The van der Waals surface area contributed by atoms with E-state index in [9.17, 15) is 14.0 Å². The Kier molecular flexibility index (Phi) is 4.82. The van der Waals surface area contributed by atoms with E-state index in [2.05, 4.69) is 15.6 Å². The van der Waals surface area contributed by atoms with Crippen LogP contribution < -0.4 is 5.32 Å². The zero-order valence-corrected chi connectivity index (χ0v) is 14.1. The molecule has 1 saturated heterocycles. The number of alkyl halides is 1. The van der Waals surface area contributed by atoms with Crippen molar-refractivity contribution in [2.24, 2.45) is 0 Å². The average Bonchev–Trinajstić information content (AvgIpc) is 3.27. The van der Waals surface area contributed by atoms with Crippen molar-refractivity contribution in [1.82, 2.24) is 25.2 Å². The number of likely N-dealkylation sites (tertiary alicyclic amines) is 1. The minimum atomic E-state index is -1.10. The molecule has 0 bridgehead atoms. The SMILES string of the molecule is CC(C)NC(=O)c1cn(C[C@@H]2C[C@H](F)CN2C(=O)c2ccco2)nn1. The molecular formula is C16H20FN5O3. The third kappa shape index (κ3) is 3.86. The Bertz CT molecular complexity index is 743. The highest BCUT2D eigenvalue weighted by Gasteiger charge is 2.37. The lowest BCUT2D eigenvalue weighted by Crippen LogP contribution is -2.38. The van der Waals surface area contributed by atoms with Gasteiger partial charge in [-0.2, -0.15) is 0 Å².